The van der Waals surface area contributed by atoms with Crippen LogP contribution in [0.4, 0.5) is 0 Å². The molecule has 0 aliphatic rings. The van der Waals surface area contributed by atoms with Crippen LogP contribution in [0.1, 0.15) is 36.5 Å². The quantitative estimate of drug-likeness (QED) is 0.654. The molecule has 0 unspecified atom stereocenters. The van der Waals surface area contributed by atoms with E-state index in [9.17, 15) is 9.67 Å². The molecule has 0 saturated carbocycles. The highest BCUT2D eigenvalue weighted by atomic mass is 31.2. The smallest absolute Gasteiger partial charge is 0.362 e. The topological polar surface area (TPSA) is 96.2 Å². The lowest BCUT2D eigenvalue weighted by Gasteiger charge is -2.16. The van der Waals surface area contributed by atoms with Crippen molar-refractivity contribution in [1.29, 1.82) is 0 Å². The third kappa shape index (κ3) is 5.23. The number of hydrogen-bond donors (Lipinski definition) is 3. The molecule has 0 spiro atoms. The van der Waals surface area contributed by atoms with Crippen LogP contribution in [-0.2, 0) is 4.57 Å². The molecule has 6 nitrogen and oxygen atoms in total. The lowest BCUT2D eigenvalue weighted by molar-refractivity contribution is 0.300. The van der Waals surface area contributed by atoms with Crippen LogP contribution in [-0.4, -0.2) is 21.2 Å². The Bertz CT molecular complexity index is 786. The van der Waals surface area contributed by atoms with Crippen molar-refractivity contribution in [3.63, 3.8) is 0 Å². The maximum Gasteiger partial charge on any atom is 0.362 e. The summed E-state index contributed by atoms with van der Waals surface area (Å²) < 4.78 is 21.9. The van der Waals surface area contributed by atoms with Crippen LogP contribution < -0.4 is 9.47 Å². The number of rotatable bonds is 6. The monoisotopic (exact) mass is 366 g/mol. The van der Waals surface area contributed by atoms with E-state index in [1.54, 1.807) is 38.1 Å². The minimum atomic E-state index is -4.23. The van der Waals surface area contributed by atoms with Gasteiger partial charge in [0.15, 0.2) is 17.8 Å². The van der Waals surface area contributed by atoms with Crippen molar-refractivity contribution >= 4 is 7.60 Å². The zero-order valence-electron chi connectivity index (χ0n) is 14.7. The molecule has 2 aromatic carbocycles. The second-order valence-electron chi connectivity index (χ2n) is 6.31. The van der Waals surface area contributed by atoms with E-state index in [1.807, 2.05) is 19.9 Å². The number of hydrogen-bond acceptors (Lipinski definition) is 4. The van der Waals surface area contributed by atoms with Crippen LogP contribution in [0.2, 0.25) is 0 Å². The van der Waals surface area contributed by atoms with E-state index in [1.165, 1.54) is 0 Å². The largest absolute Gasteiger partial charge is 0.504 e. The normalized spacial score (nSPS) is 11.6. The Morgan fingerprint density at radius 2 is 1.68 bits per heavy atom. The van der Waals surface area contributed by atoms with Gasteiger partial charge in [-0.25, -0.2) is 0 Å². The predicted molar refractivity (Wildman–Crippen MR) is 95.7 cm³/mol. The van der Waals surface area contributed by atoms with E-state index in [2.05, 4.69) is 0 Å². The fourth-order valence-corrected chi connectivity index (χ4v) is 2.72. The molecule has 0 aliphatic heterocycles. The molecule has 0 atom stereocenters. The minimum absolute atomic E-state index is 0.0619. The molecule has 0 radical (unpaired) electrons. The summed E-state index contributed by atoms with van der Waals surface area (Å²) in [5.41, 5.74) is 2.47. The average Bonchev–Trinajstić information content (AvgIpc) is 2.49. The Labute approximate surface area is 147 Å². The molecule has 0 bridgehead atoms. The SMILES string of the molecule is Cc1cc(OCP(=O)(O)O)cc(C)c1Oc1ccc(C(C)C)cc1O. The Morgan fingerprint density at radius 1 is 1.08 bits per heavy atom. The molecule has 0 heterocycles. The number of aryl methyl sites for hydroxylation is 2. The number of aromatic hydroxyl groups is 1. The molecule has 0 aromatic heterocycles. The Balaban J connectivity index is 2.24. The van der Waals surface area contributed by atoms with Crippen molar-refractivity contribution in [2.75, 3.05) is 6.35 Å². The summed E-state index contributed by atoms with van der Waals surface area (Å²) in [5, 5.41) is 10.2. The molecule has 0 fully saturated rings. The first-order valence-electron chi connectivity index (χ1n) is 7.86. The highest BCUT2D eigenvalue weighted by molar-refractivity contribution is 7.51. The zero-order chi connectivity index (χ0) is 18.8. The number of phenolic OH excluding ortho intramolecular Hbond substituents is 1. The van der Waals surface area contributed by atoms with Crippen molar-refractivity contribution in [2.45, 2.75) is 33.6 Å². The summed E-state index contributed by atoms with van der Waals surface area (Å²) in [6.45, 7) is 7.68. The molecule has 2 rings (SSSR count). The van der Waals surface area contributed by atoms with Gasteiger partial charge >= 0.3 is 7.60 Å². The second-order valence-corrected chi connectivity index (χ2v) is 7.90. The van der Waals surface area contributed by atoms with Gasteiger partial charge < -0.3 is 24.4 Å². The average molecular weight is 366 g/mol. The van der Waals surface area contributed by atoms with E-state index in [-0.39, 0.29) is 5.75 Å². The van der Waals surface area contributed by atoms with Gasteiger partial charge in [0.1, 0.15) is 11.5 Å². The van der Waals surface area contributed by atoms with E-state index in [4.69, 9.17) is 19.3 Å². The maximum atomic E-state index is 10.9. The molecule has 7 heteroatoms. The van der Waals surface area contributed by atoms with E-state index in [0.717, 1.165) is 16.7 Å². The van der Waals surface area contributed by atoms with E-state index < -0.39 is 13.9 Å². The first-order chi connectivity index (χ1) is 11.6. The van der Waals surface area contributed by atoms with Gasteiger partial charge in [-0.2, -0.15) is 0 Å². The van der Waals surface area contributed by atoms with Gasteiger partial charge in [0.05, 0.1) is 0 Å². The van der Waals surface area contributed by atoms with Crippen molar-refractivity contribution in [1.82, 2.24) is 0 Å². The number of phenols is 1. The fraction of sp³-hybridized carbons (Fsp3) is 0.333. The third-order valence-electron chi connectivity index (χ3n) is 3.69. The molecule has 0 saturated heterocycles. The number of benzene rings is 2. The molecule has 136 valence electrons. The van der Waals surface area contributed by atoms with Crippen LogP contribution in [0.5, 0.6) is 23.0 Å². The van der Waals surface area contributed by atoms with Gasteiger partial charge in [0, 0.05) is 0 Å². The molecule has 0 amide bonds. The van der Waals surface area contributed by atoms with Crippen molar-refractivity contribution in [3.8, 4) is 23.0 Å². The van der Waals surface area contributed by atoms with E-state index in [0.29, 0.717) is 23.2 Å². The van der Waals surface area contributed by atoms with E-state index >= 15 is 0 Å². The van der Waals surface area contributed by atoms with Gasteiger partial charge in [0.2, 0.25) is 0 Å². The van der Waals surface area contributed by atoms with Crippen LogP contribution >= 0.6 is 7.60 Å². The third-order valence-corrected chi connectivity index (χ3v) is 4.16. The summed E-state index contributed by atoms with van der Waals surface area (Å²) in [6.07, 6.45) is -0.677. The predicted octanol–water partition coefficient (Wildman–Crippen LogP) is 4.44. The van der Waals surface area contributed by atoms with Crippen LogP contribution in [0.3, 0.4) is 0 Å². The Morgan fingerprint density at radius 3 is 2.16 bits per heavy atom. The van der Waals surface area contributed by atoms with Crippen molar-refractivity contribution in [2.24, 2.45) is 0 Å². The summed E-state index contributed by atoms with van der Waals surface area (Å²) in [4.78, 5) is 17.8. The van der Waals surface area contributed by atoms with Gasteiger partial charge in [-0.3, -0.25) is 4.57 Å². The summed E-state index contributed by atoms with van der Waals surface area (Å²) in [7, 11) is -4.23. The van der Waals surface area contributed by atoms with Crippen LogP contribution in [0.25, 0.3) is 0 Å². The molecule has 3 N–H and O–H groups in total. The standard InChI is InChI=1S/C18H23O6P/c1-11(2)14-5-6-17(16(19)9-14)24-18-12(3)7-15(8-13(18)4)23-10-25(20,21)22/h5-9,11,19H,10H2,1-4H3,(H2,20,21,22). The summed E-state index contributed by atoms with van der Waals surface area (Å²) in [6, 6.07) is 8.58. The number of ether oxygens (including phenoxy) is 2. The fourth-order valence-electron chi connectivity index (χ4n) is 2.40. The van der Waals surface area contributed by atoms with Gasteiger partial charge in [-0.15, -0.1) is 0 Å². The lowest BCUT2D eigenvalue weighted by atomic mass is 10.0. The second kappa shape index (κ2) is 7.48. The van der Waals surface area contributed by atoms with Gasteiger partial charge in [-0.1, -0.05) is 19.9 Å². The summed E-state index contributed by atoms with van der Waals surface area (Å²) >= 11 is 0. The molecule has 0 aliphatic carbocycles. The first-order valence-corrected chi connectivity index (χ1v) is 9.66. The Kier molecular flexibility index (Phi) is 5.78. The minimum Gasteiger partial charge on any atom is -0.504 e. The highest BCUT2D eigenvalue weighted by Gasteiger charge is 2.16. The molecular formula is C18H23O6P. The van der Waals surface area contributed by atoms with Crippen LogP contribution in [0.15, 0.2) is 30.3 Å². The molecular weight excluding hydrogens is 343 g/mol. The zero-order valence-corrected chi connectivity index (χ0v) is 15.6. The Hall–Kier alpha value is -2.01. The lowest BCUT2D eigenvalue weighted by Crippen LogP contribution is -2.00. The highest BCUT2D eigenvalue weighted by Crippen LogP contribution is 2.39. The maximum absolute atomic E-state index is 10.9. The first kappa shape index (κ1) is 19.3. The van der Waals surface area contributed by atoms with Gasteiger partial charge in [0.25, 0.3) is 0 Å². The summed E-state index contributed by atoms with van der Waals surface area (Å²) in [5.74, 6) is 1.63. The molecule has 25 heavy (non-hydrogen) atoms. The molecule has 2 aromatic rings. The van der Waals surface area contributed by atoms with Gasteiger partial charge in [-0.05, 0) is 60.7 Å². The van der Waals surface area contributed by atoms with Crippen molar-refractivity contribution < 1.29 is 28.9 Å². The van der Waals surface area contributed by atoms with Crippen molar-refractivity contribution in [3.05, 3.63) is 47.0 Å². The van der Waals surface area contributed by atoms with Crippen LogP contribution in [0, 0.1) is 13.8 Å².